The smallest absolute Gasteiger partial charge is 0.284 e. The second-order valence-electron chi connectivity index (χ2n) is 5.26. The van der Waals surface area contributed by atoms with Crippen molar-refractivity contribution in [3.8, 4) is 0 Å². The van der Waals surface area contributed by atoms with Crippen molar-refractivity contribution in [2.75, 3.05) is 0 Å². The van der Waals surface area contributed by atoms with Gasteiger partial charge in [-0.2, -0.15) is 0 Å². The molecule has 0 spiro atoms. The van der Waals surface area contributed by atoms with Crippen LogP contribution in [0.15, 0.2) is 69.8 Å². The number of rotatable bonds is 6. The maximum Gasteiger partial charge on any atom is 0.284 e. The van der Waals surface area contributed by atoms with E-state index in [0.29, 0.717) is 16.5 Å². The van der Waals surface area contributed by atoms with Crippen molar-refractivity contribution < 1.29 is 9.72 Å². The van der Waals surface area contributed by atoms with Crippen LogP contribution in [0.3, 0.4) is 0 Å². The molecule has 0 saturated carbocycles. The molecule has 3 rings (SSSR count). The summed E-state index contributed by atoms with van der Waals surface area (Å²) in [6, 6.07) is 15.4. The summed E-state index contributed by atoms with van der Waals surface area (Å²) in [4.78, 5) is 25.5. The quantitative estimate of drug-likeness (QED) is 0.441. The molecule has 0 radical (unpaired) electrons. The Morgan fingerprint density at radius 2 is 2.04 bits per heavy atom. The lowest BCUT2D eigenvalue weighted by atomic mass is 10.2. The Balaban J connectivity index is 1.79. The number of benzene rings is 2. The molecule has 5 nitrogen and oxygen atoms in total. The largest absolute Gasteiger partial charge is 0.347 e. The first kappa shape index (κ1) is 18.4. The van der Waals surface area contributed by atoms with E-state index in [-0.39, 0.29) is 17.2 Å². The summed E-state index contributed by atoms with van der Waals surface area (Å²) in [6.45, 7) is 0.392. The average Bonchev–Trinajstić information content (AvgIpc) is 3.13. The first-order valence-electron chi connectivity index (χ1n) is 7.55. The van der Waals surface area contributed by atoms with Crippen LogP contribution in [0.5, 0.6) is 0 Å². The normalized spacial score (nSPS) is 10.5. The van der Waals surface area contributed by atoms with Crippen LogP contribution in [0.4, 0.5) is 5.69 Å². The highest BCUT2D eigenvalue weighted by molar-refractivity contribution is 7.99. The Labute approximate surface area is 163 Å². The number of nitro groups is 1. The molecule has 0 fully saturated rings. The van der Waals surface area contributed by atoms with E-state index < -0.39 is 4.92 Å². The van der Waals surface area contributed by atoms with Gasteiger partial charge in [0.2, 0.25) is 0 Å². The number of nitro benzene ring substituents is 1. The van der Waals surface area contributed by atoms with Crippen molar-refractivity contribution in [1.82, 2.24) is 5.32 Å². The molecular weight excluding hydrogens is 392 g/mol. The second kappa shape index (κ2) is 8.35. The summed E-state index contributed by atoms with van der Waals surface area (Å²) < 4.78 is 0. The Bertz CT molecular complexity index is 945. The lowest BCUT2D eigenvalue weighted by Gasteiger charge is -2.07. The number of halogens is 1. The number of amides is 1. The number of carbonyl (C=O) groups is 1. The highest BCUT2D eigenvalue weighted by atomic mass is 35.5. The summed E-state index contributed by atoms with van der Waals surface area (Å²) in [7, 11) is 0. The molecule has 26 heavy (non-hydrogen) atoms. The summed E-state index contributed by atoms with van der Waals surface area (Å²) in [5.41, 5.74) is 0.141. The number of nitrogens with one attached hydrogen (secondary N) is 1. The SMILES string of the molecule is O=C(NCc1cccs1)c1ccc(Sc2cccc(Cl)c2)c([N+](=O)[O-])c1. The highest BCUT2D eigenvalue weighted by Crippen LogP contribution is 2.36. The van der Waals surface area contributed by atoms with E-state index in [1.165, 1.54) is 29.2 Å². The van der Waals surface area contributed by atoms with E-state index in [1.54, 1.807) is 30.3 Å². The van der Waals surface area contributed by atoms with E-state index in [1.807, 2.05) is 23.6 Å². The summed E-state index contributed by atoms with van der Waals surface area (Å²) >= 11 is 8.73. The number of nitrogens with zero attached hydrogens (tertiary/aromatic N) is 1. The highest BCUT2D eigenvalue weighted by Gasteiger charge is 2.18. The topological polar surface area (TPSA) is 72.2 Å². The summed E-state index contributed by atoms with van der Waals surface area (Å²) in [5.74, 6) is -0.346. The molecule has 0 aliphatic heterocycles. The fourth-order valence-electron chi connectivity index (χ4n) is 2.23. The minimum atomic E-state index is -0.483. The average molecular weight is 405 g/mol. The van der Waals surface area contributed by atoms with Crippen LogP contribution in [0.1, 0.15) is 15.2 Å². The standard InChI is InChI=1S/C18H13ClN2O3S2/c19-13-3-1-4-14(10-13)26-17-7-6-12(9-16(17)21(23)24)18(22)20-11-15-5-2-8-25-15/h1-10H,11H2,(H,20,22). The van der Waals surface area contributed by atoms with Gasteiger partial charge in [-0.25, -0.2) is 0 Å². The molecule has 0 saturated heterocycles. The third kappa shape index (κ3) is 4.63. The molecule has 0 atom stereocenters. The van der Waals surface area contributed by atoms with E-state index in [9.17, 15) is 14.9 Å². The van der Waals surface area contributed by atoms with Crippen molar-refractivity contribution in [3.63, 3.8) is 0 Å². The summed E-state index contributed by atoms with van der Waals surface area (Å²) in [5, 5.41) is 16.7. The molecule has 0 aliphatic carbocycles. The third-order valence-corrected chi connectivity index (χ3v) is 5.61. The van der Waals surface area contributed by atoms with E-state index in [2.05, 4.69) is 5.32 Å². The molecular formula is C18H13ClN2O3S2. The van der Waals surface area contributed by atoms with Gasteiger partial charge in [0, 0.05) is 26.4 Å². The van der Waals surface area contributed by atoms with Gasteiger partial charge in [0.15, 0.2) is 0 Å². The molecule has 2 aromatic carbocycles. The van der Waals surface area contributed by atoms with Crippen molar-refractivity contribution in [1.29, 1.82) is 0 Å². The van der Waals surface area contributed by atoms with Crippen LogP contribution in [0, 0.1) is 10.1 Å². The first-order chi connectivity index (χ1) is 12.5. The van der Waals surface area contributed by atoms with Gasteiger partial charge in [0.1, 0.15) is 0 Å². The summed E-state index contributed by atoms with van der Waals surface area (Å²) in [6.07, 6.45) is 0. The predicted octanol–water partition coefficient (Wildman–Crippen LogP) is 5.39. The second-order valence-corrected chi connectivity index (χ2v) is 7.85. The zero-order chi connectivity index (χ0) is 18.5. The number of thiophene rings is 1. The van der Waals surface area contributed by atoms with Crippen LogP contribution in [0.25, 0.3) is 0 Å². The van der Waals surface area contributed by atoms with Crippen LogP contribution in [-0.2, 0) is 6.54 Å². The lowest BCUT2D eigenvalue weighted by Crippen LogP contribution is -2.22. The zero-order valence-corrected chi connectivity index (χ0v) is 15.7. The molecule has 132 valence electrons. The molecule has 1 aromatic heterocycles. The Hall–Kier alpha value is -2.35. The molecule has 1 heterocycles. The Kier molecular flexibility index (Phi) is 5.92. The minimum absolute atomic E-state index is 0.112. The molecule has 0 aliphatic rings. The fraction of sp³-hybridized carbons (Fsp3) is 0.0556. The van der Waals surface area contributed by atoms with Gasteiger partial charge < -0.3 is 5.32 Å². The van der Waals surface area contributed by atoms with Crippen LogP contribution >= 0.6 is 34.7 Å². The fourth-order valence-corrected chi connectivity index (χ4v) is 4.09. The first-order valence-corrected chi connectivity index (χ1v) is 9.63. The molecule has 0 bridgehead atoms. The molecule has 0 unspecified atom stereocenters. The van der Waals surface area contributed by atoms with Gasteiger partial charge in [-0.05, 0) is 41.8 Å². The van der Waals surface area contributed by atoms with Gasteiger partial charge in [-0.15, -0.1) is 11.3 Å². The third-order valence-electron chi connectivity index (χ3n) is 3.44. The van der Waals surface area contributed by atoms with Crippen LogP contribution < -0.4 is 5.32 Å². The van der Waals surface area contributed by atoms with Crippen molar-refractivity contribution >= 4 is 46.3 Å². The molecule has 1 N–H and O–H groups in total. The monoisotopic (exact) mass is 404 g/mol. The van der Waals surface area contributed by atoms with E-state index >= 15 is 0 Å². The maximum absolute atomic E-state index is 12.3. The zero-order valence-electron chi connectivity index (χ0n) is 13.3. The maximum atomic E-state index is 12.3. The van der Waals surface area contributed by atoms with Gasteiger partial charge in [0.05, 0.1) is 16.4 Å². The van der Waals surface area contributed by atoms with Crippen LogP contribution in [-0.4, -0.2) is 10.8 Å². The van der Waals surface area contributed by atoms with Gasteiger partial charge in [0.25, 0.3) is 11.6 Å². The minimum Gasteiger partial charge on any atom is -0.347 e. The van der Waals surface area contributed by atoms with E-state index in [0.717, 1.165) is 9.77 Å². The van der Waals surface area contributed by atoms with Gasteiger partial charge in [-0.3, -0.25) is 14.9 Å². The predicted molar refractivity (Wildman–Crippen MR) is 104 cm³/mol. The van der Waals surface area contributed by atoms with Crippen molar-refractivity contribution in [2.45, 2.75) is 16.3 Å². The van der Waals surface area contributed by atoms with E-state index in [4.69, 9.17) is 11.6 Å². The number of hydrogen-bond acceptors (Lipinski definition) is 5. The number of carbonyl (C=O) groups excluding carboxylic acids is 1. The lowest BCUT2D eigenvalue weighted by molar-refractivity contribution is -0.387. The molecule has 1 amide bonds. The molecule has 3 aromatic rings. The van der Waals surface area contributed by atoms with Gasteiger partial charge >= 0.3 is 0 Å². The molecule has 8 heteroatoms. The van der Waals surface area contributed by atoms with Crippen molar-refractivity contribution in [2.24, 2.45) is 0 Å². The van der Waals surface area contributed by atoms with Crippen molar-refractivity contribution in [3.05, 3.63) is 85.6 Å². The Morgan fingerprint density at radius 3 is 2.73 bits per heavy atom. The number of hydrogen-bond donors (Lipinski definition) is 1. The van der Waals surface area contributed by atoms with Crippen LogP contribution in [0.2, 0.25) is 5.02 Å². The Morgan fingerprint density at radius 1 is 1.19 bits per heavy atom. The van der Waals surface area contributed by atoms with Gasteiger partial charge in [-0.1, -0.05) is 35.5 Å².